The highest BCUT2D eigenvalue weighted by Crippen LogP contribution is 2.24. The molecule has 5 nitrogen and oxygen atoms in total. The van der Waals surface area contributed by atoms with Gasteiger partial charge in [-0.25, -0.2) is 4.79 Å². The van der Waals surface area contributed by atoms with Gasteiger partial charge in [-0.1, -0.05) is 0 Å². The lowest BCUT2D eigenvalue weighted by atomic mass is 10.2. The molecule has 0 fully saturated rings. The largest absolute Gasteiger partial charge is 0.328 e. The van der Waals surface area contributed by atoms with Gasteiger partial charge in [0.05, 0.1) is 6.04 Å². The molecule has 0 saturated heterocycles. The minimum atomic E-state index is -0.645. The number of thiophene rings is 1. The molecule has 2 aromatic rings. The summed E-state index contributed by atoms with van der Waals surface area (Å²) in [4.78, 5) is 27.3. The molecule has 18 heavy (non-hydrogen) atoms. The van der Waals surface area contributed by atoms with E-state index in [9.17, 15) is 9.59 Å². The summed E-state index contributed by atoms with van der Waals surface area (Å²) in [7, 11) is 0. The van der Waals surface area contributed by atoms with E-state index < -0.39 is 11.2 Å². The number of nitrogens with one attached hydrogen (secondary N) is 1. The second-order valence-corrected chi connectivity index (χ2v) is 5.26. The maximum absolute atomic E-state index is 11.7. The van der Waals surface area contributed by atoms with Crippen molar-refractivity contribution in [3.05, 3.63) is 54.5 Å². The lowest BCUT2D eigenvalue weighted by Crippen LogP contribution is -2.32. The van der Waals surface area contributed by atoms with Crippen molar-refractivity contribution in [3.63, 3.8) is 0 Å². The third-order valence-corrected chi connectivity index (χ3v) is 3.85. The molecular weight excluding hydrogens is 250 g/mol. The molecule has 0 spiro atoms. The van der Waals surface area contributed by atoms with Gasteiger partial charge in [0.2, 0.25) is 0 Å². The number of nitrogens with zero attached hydrogens (tertiary/aromatic N) is 2. The standard InChI is InChI=1S/C12H11N3O2S/c1-7-3-4-10(18-7)8(2)15-6-9(5-13)11(16)14-12(15)17/h3-4,6,8H,1-2H3,(H,14,16,17). The van der Waals surface area contributed by atoms with Crippen LogP contribution in [0, 0.1) is 18.3 Å². The first kappa shape index (κ1) is 12.3. The van der Waals surface area contributed by atoms with Crippen LogP contribution in [0.2, 0.25) is 0 Å². The maximum Gasteiger partial charge on any atom is 0.328 e. The first-order valence-electron chi connectivity index (χ1n) is 5.35. The summed E-state index contributed by atoms with van der Waals surface area (Å²) >= 11 is 1.58. The van der Waals surface area contributed by atoms with Crippen LogP contribution in [-0.2, 0) is 0 Å². The number of hydrogen-bond acceptors (Lipinski definition) is 4. The molecule has 0 bridgehead atoms. The first-order valence-corrected chi connectivity index (χ1v) is 6.16. The summed E-state index contributed by atoms with van der Waals surface area (Å²) in [6.45, 7) is 3.84. The van der Waals surface area contributed by atoms with E-state index in [0.29, 0.717) is 0 Å². The zero-order valence-corrected chi connectivity index (χ0v) is 10.7. The average Bonchev–Trinajstić information content (AvgIpc) is 2.75. The highest BCUT2D eigenvalue weighted by Gasteiger charge is 2.13. The molecule has 0 aromatic carbocycles. The Labute approximate surface area is 107 Å². The van der Waals surface area contributed by atoms with Gasteiger partial charge >= 0.3 is 5.69 Å². The van der Waals surface area contributed by atoms with Crippen LogP contribution in [-0.4, -0.2) is 9.55 Å². The summed E-state index contributed by atoms with van der Waals surface area (Å²) < 4.78 is 1.37. The van der Waals surface area contributed by atoms with E-state index in [4.69, 9.17) is 5.26 Å². The molecule has 0 aliphatic carbocycles. The van der Waals surface area contributed by atoms with Crippen LogP contribution in [0.25, 0.3) is 0 Å². The van der Waals surface area contributed by atoms with Crippen LogP contribution in [0.1, 0.15) is 28.3 Å². The van der Waals surface area contributed by atoms with Crippen molar-refractivity contribution in [3.8, 4) is 6.07 Å². The SMILES string of the molecule is Cc1ccc(C(C)n2cc(C#N)c(=O)[nH]c2=O)s1. The van der Waals surface area contributed by atoms with Gasteiger partial charge in [0.15, 0.2) is 0 Å². The van der Waals surface area contributed by atoms with Crippen molar-refractivity contribution in [2.45, 2.75) is 19.9 Å². The van der Waals surface area contributed by atoms with Crippen molar-refractivity contribution in [2.75, 3.05) is 0 Å². The highest BCUT2D eigenvalue weighted by atomic mass is 32.1. The Balaban J connectivity index is 2.55. The topological polar surface area (TPSA) is 78.7 Å². The summed E-state index contributed by atoms with van der Waals surface area (Å²) in [5.41, 5.74) is -1.21. The molecule has 1 N–H and O–H groups in total. The Hall–Kier alpha value is -2.13. The van der Waals surface area contributed by atoms with Gasteiger partial charge in [0.25, 0.3) is 5.56 Å². The summed E-state index contributed by atoms with van der Waals surface area (Å²) in [6.07, 6.45) is 1.31. The quantitative estimate of drug-likeness (QED) is 0.887. The van der Waals surface area contributed by atoms with E-state index in [1.165, 1.54) is 10.8 Å². The predicted molar refractivity (Wildman–Crippen MR) is 68.9 cm³/mol. The number of aromatic amines is 1. The summed E-state index contributed by atoms with van der Waals surface area (Å²) in [5.74, 6) is 0. The smallest absolute Gasteiger partial charge is 0.291 e. The average molecular weight is 261 g/mol. The van der Waals surface area contributed by atoms with Gasteiger partial charge in [0.1, 0.15) is 11.6 Å². The molecule has 2 heterocycles. The van der Waals surface area contributed by atoms with Crippen LogP contribution in [0.5, 0.6) is 0 Å². The van der Waals surface area contributed by atoms with Crippen LogP contribution < -0.4 is 11.2 Å². The maximum atomic E-state index is 11.7. The number of hydrogen-bond donors (Lipinski definition) is 1. The fourth-order valence-corrected chi connectivity index (χ4v) is 2.60. The van der Waals surface area contributed by atoms with Crippen LogP contribution in [0.15, 0.2) is 27.9 Å². The lowest BCUT2D eigenvalue weighted by molar-refractivity contribution is 0.602. The van der Waals surface area contributed by atoms with Gasteiger partial charge in [0, 0.05) is 16.0 Å². The minimum Gasteiger partial charge on any atom is -0.291 e. The van der Waals surface area contributed by atoms with Gasteiger partial charge < -0.3 is 0 Å². The van der Waals surface area contributed by atoms with Crippen LogP contribution >= 0.6 is 11.3 Å². The molecule has 92 valence electrons. The molecule has 1 unspecified atom stereocenters. The van der Waals surface area contributed by atoms with Crippen molar-refractivity contribution in [1.29, 1.82) is 5.26 Å². The van der Waals surface area contributed by atoms with E-state index in [0.717, 1.165) is 9.75 Å². The molecule has 6 heteroatoms. The number of aromatic nitrogens is 2. The van der Waals surface area contributed by atoms with Gasteiger partial charge in [-0.15, -0.1) is 11.3 Å². The third kappa shape index (κ3) is 2.13. The summed E-state index contributed by atoms with van der Waals surface area (Å²) in [5, 5.41) is 8.81. The van der Waals surface area contributed by atoms with Crippen LogP contribution in [0.3, 0.4) is 0 Å². The Morgan fingerprint density at radius 3 is 2.72 bits per heavy atom. The fourth-order valence-electron chi connectivity index (χ4n) is 1.67. The normalized spacial score (nSPS) is 12.1. The molecule has 2 rings (SSSR count). The van der Waals surface area contributed by atoms with E-state index >= 15 is 0 Å². The second-order valence-electron chi connectivity index (χ2n) is 3.95. The van der Waals surface area contributed by atoms with E-state index in [2.05, 4.69) is 4.98 Å². The van der Waals surface area contributed by atoms with Crippen molar-refractivity contribution >= 4 is 11.3 Å². The monoisotopic (exact) mass is 261 g/mol. The molecule has 1 atom stereocenters. The number of aryl methyl sites for hydroxylation is 1. The molecular formula is C12H11N3O2S. The second kappa shape index (κ2) is 4.63. The molecule has 0 saturated carbocycles. The van der Waals surface area contributed by atoms with Gasteiger partial charge in [-0.05, 0) is 26.0 Å². The van der Waals surface area contributed by atoms with Crippen molar-refractivity contribution in [1.82, 2.24) is 9.55 Å². The highest BCUT2D eigenvalue weighted by molar-refractivity contribution is 7.12. The first-order chi connectivity index (χ1) is 8.52. The minimum absolute atomic E-state index is 0.0604. The Morgan fingerprint density at radius 2 is 2.17 bits per heavy atom. The molecule has 2 aromatic heterocycles. The Bertz CT molecular complexity index is 733. The third-order valence-electron chi connectivity index (χ3n) is 2.68. The zero-order chi connectivity index (χ0) is 13.3. The molecule has 0 radical (unpaired) electrons. The van der Waals surface area contributed by atoms with Crippen molar-refractivity contribution in [2.24, 2.45) is 0 Å². The van der Waals surface area contributed by atoms with E-state index in [-0.39, 0.29) is 11.6 Å². The summed E-state index contributed by atoms with van der Waals surface area (Å²) in [6, 6.07) is 5.48. The lowest BCUT2D eigenvalue weighted by Gasteiger charge is -2.12. The van der Waals surface area contributed by atoms with Crippen molar-refractivity contribution < 1.29 is 0 Å². The van der Waals surface area contributed by atoms with Gasteiger partial charge in [-0.3, -0.25) is 14.3 Å². The number of rotatable bonds is 2. The zero-order valence-electron chi connectivity index (χ0n) is 9.93. The molecule has 0 amide bonds. The predicted octanol–water partition coefficient (Wildman–Crippen LogP) is 1.39. The Morgan fingerprint density at radius 1 is 1.44 bits per heavy atom. The Kier molecular flexibility index (Phi) is 3.17. The fraction of sp³-hybridized carbons (Fsp3) is 0.250. The van der Waals surface area contributed by atoms with Crippen LogP contribution in [0.4, 0.5) is 0 Å². The van der Waals surface area contributed by atoms with E-state index in [1.54, 1.807) is 17.4 Å². The molecule has 0 aliphatic rings. The van der Waals surface area contributed by atoms with E-state index in [1.807, 2.05) is 26.0 Å². The molecule has 0 aliphatic heterocycles. The number of nitriles is 1. The number of H-pyrrole nitrogens is 1. The van der Waals surface area contributed by atoms with Gasteiger partial charge in [-0.2, -0.15) is 5.26 Å².